The molecule has 105 valence electrons. The molecule has 0 atom stereocenters. The molecule has 3 rings (SSSR count). The van der Waals surface area contributed by atoms with Crippen molar-refractivity contribution in [1.29, 1.82) is 0 Å². The minimum absolute atomic E-state index is 0.142. The molecule has 1 aromatic carbocycles. The summed E-state index contributed by atoms with van der Waals surface area (Å²) in [6.07, 6.45) is 4.39. The number of carbonyl (C=O) groups is 1. The highest BCUT2D eigenvalue weighted by Gasteiger charge is 2.11. The van der Waals surface area contributed by atoms with E-state index in [1.807, 2.05) is 18.2 Å². The van der Waals surface area contributed by atoms with Gasteiger partial charge in [-0.25, -0.2) is 0 Å². The van der Waals surface area contributed by atoms with Crippen LogP contribution in [0.4, 0.5) is 0 Å². The lowest BCUT2D eigenvalue weighted by molar-refractivity contribution is 0.0990. The molecule has 1 aliphatic rings. The summed E-state index contributed by atoms with van der Waals surface area (Å²) in [5.74, 6) is 0.142. The molecule has 4 heteroatoms. The van der Waals surface area contributed by atoms with Crippen molar-refractivity contribution in [2.75, 3.05) is 32.7 Å². The number of rotatable bonds is 6. The standard InChI is InChI=1S/C16H20N3O/c20-16(12-17-7-10-19-8-1-2-9-19)14-4-3-13-5-6-18-15(13)11-14/h3-4,6,11,17-18H,1-2,7-10,12H2. The highest BCUT2D eigenvalue weighted by Crippen LogP contribution is 2.13. The van der Waals surface area contributed by atoms with Crippen molar-refractivity contribution in [2.24, 2.45) is 0 Å². The van der Waals surface area contributed by atoms with Gasteiger partial charge in [0.25, 0.3) is 0 Å². The fourth-order valence-electron chi connectivity index (χ4n) is 2.70. The third-order valence-electron chi connectivity index (χ3n) is 3.89. The molecule has 20 heavy (non-hydrogen) atoms. The number of hydrogen-bond donors (Lipinski definition) is 2. The van der Waals surface area contributed by atoms with Crippen LogP contribution in [0.1, 0.15) is 23.2 Å². The van der Waals surface area contributed by atoms with Gasteiger partial charge in [-0.05, 0) is 32.0 Å². The van der Waals surface area contributed by atoms with Crippen molar-refractivity contribution in [3.63, 3.8) is 0 Å². The Bertz CT molecular complexity index is 584. The SMILES string of the molecule is O=C(CNCCN1CCCC1)c1ccc2[c]c[nH]c2c1. The molecule has 1 aliphatic heterocycles. The van der Waals surface area contributed by atoms with Gasteiger partial charge in [-0.15, -0.1) is 0 Å². The predicted octanol–water partition coefficient (Wildman–Crippen LogP) is 1.84. The summed E-state index contributed by atoms with van der Waals surface area (Å²) in [6.45, 7) is 4.73. The van der Waals surface area contributed by atoms with Crippen LogP contribution in [0.15, 0.2) is 24.4 Å². The second kappa shape index (κ2) is 6.20. The van der Waals surface area contributed by atoms with Crippen LogP contribution in [0.3, 0.4) is 0 Å². The average Bonchev–Trinajstić information content (AvgIpc) is 3.13. The van der Waals surface area contributed by atoms with Gasteiger partial charge in [0.05, 0.1) is 6.54 Å². The molecule has 1 fully saturated rings. The number of nitrogens with one attached hydrogen (secondary N) is 2. The van der Waals surface area contributed by atoms with E-state index in [4.69, 9.17) is 0 Å². The zero-order valence-corrected chi connectivity index (χ0v) is 11.6. The normalized spacial score (nSPS) is 16.0. The molecule has 0 bridgehead atoms. The summed E-state index contributed by atoms with van der Waals surface area (Å²) >= 11 is 0. The van der Waals surface area contributed by atoms with Gasteiger partial charge in [-0.3, -0.25) is 4.79 Å². The maximum Gasteiger partial charge on any atom is 0.176 e. The number of aromatic amines is 1. The van der Waals surface area contributed by atoms with Crippen LogP contribution < -0.4 is 5.32 Å². The van der Waals surface area contributed by atoms with Gasteiger partial charge in [0.1, 0.15) is 0 Å². The summed E-state index contributed by atoms with van der Waals surface area (Å²) in [4.78, 5) is 17.6. The number of likely N-dealkylation sites (tertiary alicyclic amines) is 1. The van der Waals surface area contributed by atoms with Gasteiger partial charge in [-0.1, -0.05) is 12.1 Å². The van der Waals surface area contributed by atoms with E-state index in [1.165, 1.54) is 25.9 Å². The summed E-state index contributed by atoms with van der Waals surface area (Å²) in [5, 5.41) is 4.26. The Morgan fingerprint density at radius 3 is 3.05 bits per heavy atom. The highest BCUT2D eigenvalue weighted by atomic mass is 16.1. The van der Waals surface area contributed by atoms with Crippen molar-refractivity contribution in [3.05, 3.63) is 36.0 Å². The molecule has 1 radical (unpaired) electrons. The van der Waals surface area contributed by atoms with Crippen LogP contribution in [0.2, 0.25) is 0 Å². The molecular weight excluding hydrogens is 250 g/mol. The van der Waals surface area contributed by atoms with Crippen LogP contribution in [-0.4, -0.2) is 48.4 Å². The van der Waals surface area contributed by atoms with Crippen molar-refractivity contribution in [3.8, 4) is 0 Å². The second-order valence-electron chi connectivity index (χ2n) is 5.34. The molecule has 0 amide bonds. The van der Waals surface area contributed by atoms with E-state index in [9.17, 15) is 4.79 Å². The van der Waals surface area contributed by atoms with E-state index < -0.39 is 0 Å². The van der Waals surface area contributed by atoms with E-state index in [-0.39, 0.29) is 5.78 Å². The first-order valence-electron chi connectivity index (χ1n) is 7.28. The maximum atomic E-state index is 12.1. The fourth-order valence-corrected chi connectivity index (χ4v) is 2.70. The molecule has 0 spiro atoms. The zero-order valence-electron chi connectivity index (χ0n) is 11.6. The molecule has 0 unspecified atom stereocenters. The maximum absolute atomic E-state index is 12.1. The quantitative estimate of drug-likeness (QED) is 0.622. The number of aromatic nitrogens is 1. The van der Waals surface area contributed by atoms with Crippen LogP contribution in [0, 0.1) is 6.07 Å². The van der Waals surface area contributed by atoms with Gasteiger partial charge in [-0.2, -0.15) is 0 Å². The van der Waals surface area contributed by atoms with Crippen LogP contribution >= 0.6 is 0 Å². The first-order chi connectivity index (χ1) is 9.83. The molecule has 1 aromatic heterocycles. The predicted molar refractivity (Wildman–Crippen MR) is 80.0 cm³/mol. The van der Waals surface area contributed by atoms with Crippen molar-refractivity contribution < 1.29 is 4.79 Å². The fraction of sp³-hybridized carbons (Fsp3) is 0.438. The van der Waals surface area contributed by atoms with E-state index in [0.29, 0.717) is 6.54 Å². The Morgan fingerprint density at radius 1 is 1.35 bits per heavy atom. The zero-order chi connectivity index (χ0) is 13.8. The number of hydrogen-bond acceptors (Lipinski definition) is 3. The molecule has 4 nitrogen and oxygen atoms in total. The first kappa shape index (κ1) is 13.3. The van der Waals surface area contributed by atoms with Gasteiger partial charge in [0.2, 0.25) is 0 Å². The first-order valence-corrected chi connectivity index (χ1v) is 7.28. The Morgan fingerprint density at radius 2 is 2.20 bits per heavy atom. The van der Waals surface area contributed by atoms with Crippen molar-refractivity contribution in [1.82, 2.24) is 15.2 Å². The van der Waals surface area contributed by atoms with Crippen LogP contribution in [0.5, 0.6) is 0 Å². The second-order valence-corrected chi connectivity index (χ2v) is 5.34. The van der Waals surface area contributed by atoms with Crippen molar-refractivity contribution in [2.45, 2.75) is 12.8 Å². The molecule has 1 saturated heterocycles. The number of Topliss-reactive ketones (excluding diaryl/α,β-unsaturated/α-hetero) is 1. The lowest BCUT2D eigenvalue weighted by Gasteiger charge is -2.14. The lowest BCUT2D eigenvalue weighted by atomic mass is 10.1. The monoisotopic (exact) mass is 270 g/mol. The van der Waals surface area contributed by atoms with E-state index in [2.05, 4.69) is 21.3 Å². The number of carbonyl (C=O) groups excluding carboxylic acids is 1. The summed E-state index contributed by atoms with van der Waals surface area (Å²) in [5.41, 5.74) is 1.72. The van der Waals surface area contributed by atoms with Crippen LogP contribution in [0.25, 0.3) is 10.9 Å². The molecule has 0 aliphatic carbocycles. The smallest absolute Gasteiger partial charge is 0.176 e. The number of benzene rings is 1. The summed E-state index contributed by atoms with van der Waals surface area (Å²) in [6, 6.07) is 8.79. The largest absolute Gasteiger partial charge is 0.361 e. The number of fused-ring (bicyclic) bond motifs is 1. The highest BCUT2D eigenvalue weighted by molar-refractivity contribution is 6.00. The Labute approximate surface area is 119 Å². The van der Waals surface area contributed by atoms with Gasteiger partial charge in [0, 0.05) is 41.8 Å². The lowest BCUT2D eigenvalue weighted by Crippen LogP contribution is -2.32. The van der Waals surface area contributed by atoms with E-state index >= 15 is 0 Å². The third kappa shape index (κ3) is 3.08. The number of nitrogens with zero attached hydrogens (tertiary/aromatic N) is 1. The Hall–Kier alpha value is -1.65. The van der Waals surface area contributed by atoms with Gasteiger partial charge < -0.3 is 15.2 Å². The summed E-state index contributed by atoms with van der Waals surface area (Å²) < 4.78 is 0. The number of H-pyrrole nitrogens is 1. The molecular formula is C16H20N3O. The molecule has 2 N–H and O–H groups in total. The average molecular weight is 270 g/mol. The van der Waals surface area contributed by atoms with Crippen LogP contribution in [-0.2, 0) is 0 Å². The third-order valence-corrected chi connectivity index (χ3v) is 3.89. The molecule has 2 aromatic rings. The number of ketones is 1. The minimum atomic E-state index is 0.142. The van der Waals surface area contributed by atoms with Gasteiger partial charge in [0.15, 0.2) is 5.78 Å². The Balaban J connectivity index is 1.48. The molecule has 0 saturated carbocycles. The topological polar surface area (TPSA) is 48.1 Å². The van der Waals surface area contributed by atoms with Crippen molar-refractivity contribution >= 4 is 16.7 Å². The molecule has 2 heterocycles. The summed E-state index contributed by atoms with van der Waals surface area (Å²) in [7, 11) is 0. The van der Waals surface area contributed by atoms with E-state index in [1.54, 1.807) is 6.20 Å². The Kier molecular flexibility index (Phi) is 4.14. The van der Waals surface area contributed by atoms with E-state index in [0.717, 1.165) is 29.6 Å². The minimum Gasteiger partial charge on any atom is -0.361 e. The van der Waals surface area contributed by atoms with Gasteiger partial charge >= 0.3 is 0 Å².